The highest BCUT2D eigenvalue weighted by atomic mass is 14.1. The maximum Gasteiger partial charge on any atom is 0.0431 e. The van der Waals surface area contributed by atoms with Gasteiger partial charge in [0.1, 0.15) is 0 Å². The van der Waals surface area contributed by atoms with E-state index in [1.165, 1.54) is 5.57 Å². The molecule has 0 bridgehead atoms. The summed E-state index contributed by atoms with van der Waals surface area (Å²) in [4.78, 5) is 0. The highest BCUT2D eigenvalue weighted by Gasteiger charge is 2.07. The van der Waals surface area contributed by atoms with E-state index in [-0.39, 0.29) is 0 Å². The first-order valence-corrected chi connectivity index (χ1v) is 5.58. The van der Waals surface area contributed by atoms with E-state index in [1.807, 2.05) is 38.2 Å². The third-order valence-electron chi connectivity index (χ3n) is 2.64. The van der Waals surface area contributed by atoms with E-state index in [9.17, 15) is 0 Å². The molecule has 0 spiro atoms. The van der Waals surface area contributed by atoms with E-state index in [0.29, 0.717) is 0 Å². The summed E-state index contributed by atoms with van der Waals surface area (Å²) in [6.45, 7) is 3.95. The van der Waals surface area contributed by atoms with Crippen molar-refractivity contribution in [2.45, 2.75) is 20.3 Å². The molecule has 17 heavy (non-hydrogen) atoms. The fraction of sp³-hybridized carbons (Fsp3) is 0.176. The molecule has 0 aromatic carbocycles. The molecule has 0 N–H and O–H groups in total. The Morgan fingerprint density at radius 3 is 2.53 bits per heavy atom. The molecular weight excluding hydrogens is 204 g/mol. The van der Waals surface area contributed by atoms with Gasteiger partial charge < -0.3 is 0 Å². The molecule has 1 aliphatic rings. The summed E-state index contributed by atoms with van der Waals surface area (Å²) in [5, 5.41) is 0. The second-order valence-electron chi connectivity index (χ2n) is 3.72. The Kier molecular flexibility index (Phi) is 4.86. The third kappa shape index (κ3) is 3.13. The van der Waals surface area contributed by atoms with Crippen molar-refractivity contribution < 1.29 is 0 Å². The topological polar surface area (TPSA) is 0 Å². The van der Waals surface area contributed by atoms with Gasteiger partial charge in [-0.1, -0.05) is 42.2 Å². The quantitative estimate of drug-likeness (QED) is 0.488. The van der Waals surface area contributed by atoms with Gasteiger partial charge in [0, 0.05) is 11.1 Å². The summed E-state index contributed by atoms with van der Waals surface area (Å²) in [6.07, 6.45) is 24.0. The van der Waals surface area contributed by atoms with E-state index in [2.05, 4.69) is 24.0 Å². The average molecular weight is 220 g/mol. The smallest absolute Gasteiger partial charge is 0.0431 e. The summed E-state index contributed by atoms with van der Waals surface area (Å²) in [6, 6.07) is 0. The third-order valence-corrected chi connectivity index (χ3v) is 2.64. The minimum Gasteiger partial charge on any atom is -0.115 e. The zero-order valence-corrected chi connectivity index (χ0v) is 10.3. The number of rotatable bonds is 2. The summed E-state index contributed by atoms with van der Waals surface area (Å²) in [7, 11) is 0. The second-order valence-corrected chi connectivity index (χ2v) is 3.72. The van der Waals surface area contributed by atoms with Crippen LogP contribution in [-0.4, -0.2) is 0 Å². The van der Waals surface area contributed by atoms with Gasteiger partial charge in [-0.15, -0.1) is 12.8 Å². The number of hydrogen-bond acceptors (Lipinski definition) is 0. The van der Waals surface area contributed by atoms with Crippen molar-refractivity contribution in [1.82, 2.24) is 0 Å². The monoisotopic (exact) mass is 220 g/mol. The van der Waals surface area contributed by atoms with Crippen molar-refractivity contribution in [3.63, 3.8) is 0 Å². The van der Waals surface area contributed by atoms with E-state index in [4.69, 9.17) is 12.8 Å². The van der Waals surface area contributed by atoms with Gasteiger partial charge in [-0.2, -0.15) is 0 Å². The standard InChI is InChI=1S/C17H16/c1-5-11-15(6-2)17(7-3)14(4)16-12-9-8-10-13-16/h2-3,5,8-12H,13H2,1,4H3. The Morgan fingerprint density at radius 1 is 1.29 bits per heavy atom. The predicted molar refractivity (Wildman–Crippen MR) is 75.1 cm³/mol. The number of allylic oxidation sites excluding steroid dienone is 10. The lowest BCUT2D eigenvalue weighted by molar-refractivity contribution is 1.20. The minimum atomic E-state index is 0.767. The molecular formula is C17H16. The molecule has 0 amide bonds. The molecule has 1 rings (SSSR count). The average Bonchev–Trinajstić information content (AvgIpc) is 2.39. The first-order chi connectivity index (χ1) is 8.24. The van der Waals surface area contributed by atoms with Crippen LogP contribution in [0.5, 0.6) is 0 Å². The van der Waals surface area contributed by atoms with Crippen molar-refractivity contribution in [1.29, 1.82) is 0 Å². The van der Waals surface area contributed by atoms with Crippen LogP contribution in [-0.2, 0) is 0 Å². The highest BCUT2D eigenvalue weighted by Crippen LogP contribution is 2.23. The molecule has 0 aromatic rings. The Hall–Kier alpha value is -2.18. The van der Waals surface area contributed by atoms with Gasteiger partial charge in [0.05, 0.1) is 0 Å². The van der Waals surface area contributed by atoms with Gasteiger partial charge in [-0.25, -0.2) is 0 Å². The molecule has 0 heterocycles. The summed E-state index contributed by atoms with van der Waals surface area (Å²) in [5.41, 5.74) is 3.88. The Bertz CT molecular complexity index is 517. The Balaban J connectivity index is 3.30. The minimum absolute atomic E-state index is 0.767. The lowest BCUT2D eigenvalue weighted by atomic mass is 9.93. The number of hydrogen-bond donors (Lipinski definition) is 0. The molecule has 0 saturated carbocycles. The van der Waals surface area contributed by atoms with Crippen LogP contribution in [0.15, 0.2) is 58.7 Å². The Labute approximate surface area is 104 Å². The normalized spacial score (nSPS) is 18.6. The molecule has 0 atom stereocenters. The maximum atomic E-state index is 5.57. The highest BCUT2D eigenvalue weighted by molar-refractivity contribution is 5.59. The van der Waals surface area contributed by atoms with E-state index in [1.54, 1.807) is 0 Å². The van der Waals surface area contributed by atoms with Crippen molar-refractivity contribution >= 4 is 0 Å². The second kappa shape index (κ2) is 6.41. The first kappa shape index (κ1) is 12.9. The van der Waals surface area contributed by atoms with Crippen LogP contribution in [0.3, 0.4) is 0 Å². The van der Waals surface area contributed by atoms with E-state index < -0.39 is 0 Å². The number of terminal acetylenes is 2. The van der Waals surface area contributed by atoms with Crippen molar-refractivity contribution in [3.8, 4) is 24.7 Å². The van der Waals surface area contributed by atoms with Gasteiger partial charge in [0.2, 0.25) is 0 Å². The molecule has 0 aliphatic heterocycles. The SMILES string of the molecule is C#CC(C=CC)=C(C#C)C(C)=C1C=CC=CC1. The lowest BCUT2D eigenvalue weighted by Crippen LogP contribution is -1.94. The summed E-state index contributed by atoms with van der Waals surface area (Å²) < 4.78 is 0. The van der Waals surface area contributed by atoms with Crippen LogP contribution in [0.25, 0.3) is 0 Å². The van der Waals surface area contributed by atoms with E-state index >= 15 is 0 Å². The lowest BCUT2D eigenvalue weighted by Gasteiger charge is -2.10. The van der Waals surface area contributed by atoms with Crippen LogP contribution in [0.1, 0.15) is 20.3 Å². The fourth-order valence-electron chi connectivity index (χ4n) is 1.71. The van der Waals surface area contributed by atoms with Crippen LogP contribution in [0, 0.1) is 24.7 Å². The molecule has 0 saturated heterocycles. The van der Waals surface area contributed by atoms with Gasteiger partial charge >= 0.3 is 0 Å². The fourth-order valence-corrected chi connectivity index (χ4v) is 1.71. The van der Waals surface area contributed by atoms with Crippen LogP contribution in [0.4, 0.5) is 0 Å². The van der Waals surface area contributed by atoms with Gasteiger partial charge in [-0.3, -0.25) is 0 Å². The Morgan fingerprint density at radius 2 is 2.06 bits per heavy atom. The molecule has 0 heteroatoms. The van der Waals surface area contributed by atoms with Crippen molar-refractivity contribution in [2.75, 3.05) is 0 Å². The maximum absolute atomic E-state index is 5.57. The van der Waals surface area contributed by atoms with Gasteiger partial charge in [-0.05, 0) is 37.5 Å². The van der Waals surface area contributed by atoms with Gasteiger partial charge in [0.25, 0.3) is 0 Å². The molecule has 0 radical (unpaired) electrons. The van der Waals surface area contributed by atoms with Crippen molar-refractivity contribution in [2.24, 2.45) is 0 Å². The molecule has 84 valence electrons. The summed E-state index contributed by atoms with van der Waals surface area (Å²) >= 11 is 0. The molecule has 0 unspecified atom stereocenters. The zero-order valence-electron chi connectivity index (χ0n) is 10.3. The zero-order chi connectivity index (χ0) is 12.7. The largest absolute Gasteiger partial charge is 0.115 e. The van der Waals surface area contributed by atoms with Crippen LogP contribution < -0.4 is 0 Å². The van der Waals surface area contributed by atoms with Crippen LogP contribution in [0.2, 0.25) is 0 Å². The van der Waals surface area contributed by atoms with Gasteiger partial charge in [0.15, 0.2) is 0 Å². The molecule has 0 aromatic heterocycles. The van der Waals surface area contributed by atoms with E-state index in [0.717, 1.165) is 23.1 Å². The summed E-state index contributed by atoms with van der Waals surface area (Å²) in [5.74, 6) is 5.35. The first-order valence-electron chi connectivity index (χ1n) is 5.58. The molecule has 0 nitrogen and oxygen atoms in total. The molecule has 1 aliphatic carbocycles. The predicted octanol–water partition coefficient (Wildman–Crippen LogP) is 3.96. The van der Waals surface area contributed by atoms with Crippen molar-refractivity contribution in [3.05, 3.63) is 58.7 Å². The molecule has 0 fully saturated rings. The van der Waals surface area contributed by atoms with Crippen LogP contribution >= 0.6 is 0 Å².